The van der Waals surface area contributed by atoms with Gasteiger partial charge in [-0.25, -0.2) is 0 Å². The van der Waals surface area contributed by atoms with Crippen LogP contribution in [0.4, 0.5) is 0 Å². The molecular formula is C14H22N2. The SMILES string of the molecule is CC.Cc1cc(C(C)C)c2nn(C)cc2c1. The lowest BCUT2D eigenvalue weighted by Gasteiger charge is -2.06. The van der Waals surface area contributed by atoms with Gasteiger partial charge in [-0.2, -0.15) is 5.10 Å². The van der Waals surface area contributed by atoms with E-state index < -0.39 is 0 Å². The van der Waals surface area contributed by atoms with Crippen molar-refractivity contribution in [2.75, 3.05) is 0 Å². The summed E-state index contributed by atoms with van der Waals surface area (Å²) < 4.78 is 1.88. The molecule has 0 aliphatic carbocycles. The maximum atomic E-state index is 4.49. The molecule has 0 N–H and O–H groups in total. The first-order valence-corrected chi connectivity index (χ1v) is 6.02. The van der Waals surface area contributed by atoms with Gasteiger partial charge >= 0.3 is 0 Å². The Morgan fingerprint density at radius 1 is 1.19 bits per heavy atom. The fourth-order valence-corrected chi connectivity index (χ4v) is 1.88. The van der Waals surface area contributed by atoms with Crippen LogP contribution < -0.4 is 0 Å². The Labute approximate surface area is 98.3 Å². The van der Waals surface area contributed by atoms with Gasteiger partial charge in [0, 0.05) is 18.6 Å². The lowest BCUT2D eigenvalue weighted by molar-refractivity contribution is 0.773. The van der Waals surface area contributed by atoms with E-state index in [0.717, 1.165) is 5.52 Å². The summed E-state index contributed by atoms with van der Waals surface area (Å²) in [7, 11) is 1.97. The van der Waals surface area contributed by atoms with Crippen LogP contribution in [0.2, 0.25) is 0 Å². The molecule has 0 saturated carbocycles. The van der Waals surface area contributed by atoms with Gasteiger partial charge in [0.05, 0.1) is 5.52 Å². The molecule has 88 valence electrons. The monoisotopic (exact) mass is 218 g/mol. The average molecular weight is 218 g/mol. The Balaban J connectivity index is 0.000000606. The highest BCUT2D eigenvalue weighted by molar-refractivity contribution is 5.82. The van der Waals surface area contributed by atoms with E-state index in [-0.39, 0.29) is 0 Å². The van der Waals surface area contributed by atoms with Crippen LogP contribution >= 0.6 is 0 Å². The summed E-state index contributed by atoms with van der Waals surface area (Å²) in [6.07, 6.45) is 2.08. The van der Waals surface area contributed by atoms with Crippen LogP contribution in [0.25, 0.3) is 10.9 Å². The molecule has 0 aliphatic rings. The fraction of sp³-hybridized carbons (Fsp3) is 0.500. The molecule has 2 rings (SSSR count). The highest BCUT2D eigenvalue weighted by atomic mass is 15.2. The number of hydrogen-bond acceptors (Lipinski definition) is 1. The summed E-state index contributed by atoms with van der Waals surface area (Å²) in [5, 5.41) is 5.74. The average Bonchev–Trinajstić information content (AvgIpc) is 2.59. The van der Waals surface area contributed by atoms with E-state index in [1.54, 1.807) is 0 Å². The Morgan fingerprint density at radius 2 is 1.81 bits per heavy atom. The topological polar surface area (TPSA) is 17.8 Å². The first kappa shape index (κ1) is 12.8. The van der Waals surface area contributed by atoms with Crippen molar-refractivity contribution >= 4 is 10.9 Å². The van der Waals surface area contributed by atoms with Crippen LogP contribution in [0.3, 0.4) is 0 Å². The summed E-state index contributed by atoms with van der Waals surface area (Å²) in [5.74, 6) is 0.535. The van der Waals surface area contributed by atoms with Crippen LogP contribution in [-0.2, 0) is 7.05 Å². The number of benzene rings is 1. The summed E-state index contributed by atoms with van der Waals surface area (Å²) in [6, 6.07) is 4.42. The largest absolute Gasteiger partial charge is 0.275 e. The molecule has 16 heavy (non-hydrogen) atoms. The first-order valence-electron chi connectivity index (χ1n) is 6.02. The van der Waals surface area contributed by atoms with Gasteiger partial charge in [0.15, 0.2) is 0 Å². The molecule has 0 aliphatic heterocycles. The van der Waals surface area contributed by atoms with E-state index in [1.807, 2.05) is 25.6 Å². The predicted octanol–water partition coefficient (Wildman–Crippen LogP) is 4.03. The van der Waals surface area contributed by atoms with Gasteiger partial charge in [0.25, 0.3) is 0 Å². The third-order valence-corrected chi connectivity index (χ3v) is 2.52. The van der Waals surface area contributed by atoms with Crippen LogP contribution in [0, 0.1) is 6.92 Å². The molecule has 0 spiro atoms. The quantitative estimate of drug-likeness (QED) is 0.706. The van der Waals surface area contributed by atoms with Crippen molar-refractivity contribution in [3.05, 3.63) is 29.5 Å². The molecule has 2 aromatic rings. The molecule has 0 saturated heterocycles. The van der Waals surface area contributed by atoms with Crippen molar-refractivity contribution in [3.8, 4) is 0 Å². The van der Waals surface area contributed by atoms with Crippen molar-refractivity contribution in [1.29, 1.82) is 0 Å². The fourth-order valence-electron chi connectivity index (χ4n) is 1.88. The number of aromatic nitrogens is 2. The lowest BCUT2D eigenvalue weighted by atomic mass is 9.98. The minimum atomic E-state index is 0.535. The van der Waals surface area contributed by atoms with Gasteiger partial charge in [-0.15, -0.1) is 0 Å². The molecule has 1 aromatic heterocycles. The van der Waals surface area contributed by atoms with Gasteiger partial charge in [0.1, 0.15) is 0 Å². The lowest BCUT2D eigenvalue weighted by Crippen LogP contribution is -1.92. The predicted molar refractivity (Wildman–Crippen MR) is 70.9 cm³/mol. The van der Waals surface area contributed by atoms with E-state index in [1.165, 1.54) is 16.5 Å². The van der Waals surface area contributed by atoms with Crippen LogP contribution in [0.5, 0.6) is 0 Å². The van der Waals surface area contributed by atoms with Crippen molar-refractivity contribution in [3.63, 3.8) is 0 Å². The zero-order chi connectivity index (χ0) is 12.3. The second-order valence-electron chi connectivity index (χ2n) is 4.25. The number of nitrogens with zero attached hydrogens (tertiary/aromatic N) is 2. The van der Waals surface area contributed by atoms with Crippen LogP contribution in [0.1, 0.15) is 44.7 Å². The van der Waals surface area contributed by atoms with E-state index in [9.17, 15) is 0 Å². The maximum absolute atomic E-state index is 4.49. The first-order chi connectivity index (χ1) is 7.58. The molecule has 2 heteroatoms. The third kappa shape index (κ3) is 2.43. The zero-order valence-electron chi connectivity index (χ0n) is 11.2. The molecule has 1 heterocycles. The molecule has 0 unspecified atom stereocenters. The summed E-state index contributed by atoms with van der Waals surface area (Å²) in [5.41, 5.74) is 3.81. The van der Waals surface area contributed by atoms with Crippen LogP contribution in [-0.4, -0.2) is 9.78 Å². The minimum Gasteiger partial charge on any atom is -0.275 e. The Morgan fingerprint density at radius 3 is 2.38 bits per heavy atom. The number of hydrogen-bond donors (Lipinski definition) is 0. The maximum Gasteiger partial charge on any atom is 0.0957 e. The van der Waals surface area contributed by atoms with Gasteiger partial charge in [-0.3, -0.25) is 4.68 Å². The van der Waals surface area contributed by atoms with Gasteiger partial charge in [0.2, 0.25) is 0 Å². The van der Waals surface area contributed by atoms with E-state index in [4.69, 9.17) is 0 Å². The molecule has 0 fully saturated rings. The van der Waals surface area contributed by atoms with Crippen LogP contribution in [0.15, 0.2) is 18.3 Å². The molecule has 0 radical (unpaired) electrons. The second-order valence-corrected chi connectivity index (χ2v) is 4.25. The summed E-state index contributed by atoms with van der Waals surface area (Å²) in [4.78, 5) is 0. The van der Waals surface area contributed by atoms with E-state index in [0.29, 0.717) is 5.92 Å². The van der Waals surface area contributed by atoms with Gasteiger partial charge < -0.3 is 0 Å². The summed E-state index contributed by atoms with van der Waals surface area (Å²) >= 11 is 0. The second kappa shape index (κ2) is 5.15. The molecular weight excluding hydrogens is 196 g/mol. The minimum absolute atomic E-state index is 0.535. The highest BCUT2D eigenvalue weighted by Crippen LogP contribution is 2.25. The van der Waals surface area contributed by atoms with Gasteiger partial charge in [-0.1, -0.05) is 39.3 Å². The number of fused-ring (bicyclic) bond motifs is 1. The molecule has 2 nitrogen and oxygen atoms in total. The van der Waals surface area contributed by atoms with Crippen molar-refractivity contribution < 1.29 is 0 Å². The molecule has 0 atom stereocenters. The van der Waals surface area contributed by atoms with E-state index in [2.05, 4.69) is 44.2 Å². The third-order valence-electron chi connectivity index (χ3n) is 2.52. The van der Waals surface area contributed by atoms with Crippen molar-refractivity contribution in [1.82, 2.24) is 9.78 Å². The molecule has 1 aromatic carbocycles. The van der Waals surface area contributed by atoms with E-state index >= 15 is 0 Å². The smallest absolute Gasteiger partial charge is 0.0957 e. The number of rotatable bonds is 1. The van der Waals surface area contributed by atoms with Crippen molar-refractivity contribution in [2.24, 2.45) is 7.05 Å². The van der Waals surface area contributed by atoms with Gasteiger partial charge in [-0.05, 0) is 24.5 Å². The highest BCUT2D eigenvalue weighted by Gasteiger charge is 2.08. The molecule has 0 bridgehead atoms. The molecule has 0 amide bonds. The standard InChI is InChI=1S/C12H16N2.C2H6/c1-8(2)11-6-9(3)5-10-7-14(4)13-12(10)11;1-2/h5-8H,1-4H3;1-2H3. The Bertz CT molecular complexity index is 467. The zero-order valence-corrected chi connectivity index (χ0v) is 11.2. The normalized spacial score (nSPS) is 10.4. The van der Waals surface area contributed by atoms with Crippen molar-refractivity contribution in [2.45, 2.75) is 40.5 Å². The number of aryl methyl sites for hydroxylation is 2. The summed E-state index contributed by atoms with van der Waals surface area (Å²) in [6.45, 7) is 10.6. The Hall–Kier alpha value is -1.31. The Kier molecular flexibility index (Phi) is 4.11.